The molecule has 0 spiro atoms. The lowest BCUT2D eigenvalue weighted by atomic mass is 9.78. The SMILES string of the molecule is CC(=O)O.CC(C)C(C(=O)NCC(=O)COc1c(F)c(F)cc(F)c1F)C(CN)C(=O)c1ccccc1. The molecule has 0 aliphatic carbocycles. The lowest BCUT2D eigenvalue weighted by molar-refractivity contribution is -0.134. The van der Waals surface area contributed by atoms with Gasteiger partial charge in [0.2, 0.25) is 17.5 Å². The highest BCUT2D eigenvalue weighted by Gasteiger charge is 2.35. The Labute approximate surface area is 210 Å². The van der Waals surface area contributed by atoms with Crippen LogP contribution in [0.25, 0.3) is 0 Å². The van der Waals surface area contributed by atoms with Crippen LogP contribution < -0.4 is 15.8 Å². The first-order valence-electron chi connectivity index (χ1n) is 11.1. The molecular weight excluding hydrogens is 500 g/mol. The monoisotopic (exact) mass is 528 g/mol. The summed E-state index contributed by atoms with van der Waals surface area (Å²) in [5, 5.41) is 9.78. The number of carboxylic acid groups (broad SMARTS) is 1. The summed E-state index contributed by atoms with van der Waals surface area (Å²) in [6.45, 7) is 2.87. The summed E-state index contributed by atoms with van der Waals surface area (Å²) < 4.78 is 58.3. The van der Waals surface area contributed by atoms with Gasteiger partial charge in [-0.25, -0.2) is 8.78 Å². The number of carboxylic acids is 1. The van der Waals surface area contributed by atoms with E-state index < -0.39 is 71.7 Å². The minimum atomic E-state index is -1.78. The molecule has 0 aliphatic heterocycles. The van der Waals surface area contributed by atoms with Crippen LogP contribution in [0.15, 0.2) is 36.4 Å². The number of rotatable bonds is 11. The van der Waals surface area contributed by atoms with Crippen LogP contribution in [-0.2, 0) is 14.4 Å². The van der Waals surface area contributed by atoms with E-state index in [-0.39, 0.29) is 24.3 Å². The number of ether oxygens (including phenoxy) is 1. The molecule has 37 heavy (non-hydrogen) atoms. The van der Waals surface area contributed by atoms with Crippen LogP contribution in [0.4, 0.5) is 17.6 Å². The van der Waals surface area contributed by atoms with Gasteiger partial charge in [0.05, 0.1) is 12.5 Å². The van der Waals surface area contributed by atoms with E-state index in [9.17, 15) is 31.9 Å². The maximum absolute atomic E-state index is 13.6. The second-order valence-corrected chi connectivity index (χ2v) is 8.20. The quantitative estimate of drug-likeness (QED) is 0.232. The number of benzene rings is 2. The van der Waals surface area contributed by atoms with Gasteiger partial charge in [0, 0.05) is 31.0 Å². The van der Waals surface area contributed by atoms with Crippen LogP contribution in [0.3, 0.4) is 0 Å². The Kier molecular flexibility index (Phi) is 12.4. The molecule has 0 radical (unpaired) electrons. The predicted octanol–water partition coefficient (Wildman–Crippen LogP) is 3.13. The molecule has 0 saturated carbocycles. The maximum Gasteiger partial charge on any atom is 0.300 e. The number of nitrogens with two attached hydrogens (primary N) is 1. The first-order chi connectivity index (χ1) is 17.3. The van der Waals surface area contributed by atoms with Crippen molar-refractivity contribution in [1.29, 1.82) is 0 Å². The van der Waals surface area contributed by atoms with Crippen LogP contribution in [-0.4, -0.2) is 48.2 Å². The average molecular weight is 528 g/mol. The van der Waals surface area contributed by atoms with Crippen molar-refractivity contribution in [3.05, 3.63) is 65.2 Å². The number of amides is 1. The van der Waals surface area contributed by atoms with E-state index in [1.165, 1.54) is 0 Å². The zero-order valence-corrected chi connectivity index (χ0v) is 20.4. The van der Waals surface area contributed by atoms with Gasteiger partial charge in [-0.2, -0.15) is 8.78 Å². The molecule has 12 heteroatoms. The largest absolute Gasteiger partial charge is 0.481 e. The van der Waals surface area contributed by atoms with Crippen molar-refractivity contribution in [2.75, 3.05) is 19.7 Å². The molecule has 0 fully saturated rings. The zero-order chi connectivity index (χ0) is 28.3. The molecule has 202 valence electrons. The van der Waals surface area contributed by atoms with E-state index in [0.717, 1.165) is 6.92 Å². The number of carbonyl (C=O) groups excluding carboxylic acids is 3. The van der Waals surface area contributed by atoms with Gasteiger partial charge in [0.1, 0.15) is 6.61 Å². The number of aliphatic carboxylic acids is 1. The third-order valence-electron chi connectivity index (χ3n) is 5.01. The van der Waals surface area contributed by atoms with Crippen molar-refractivity contribution >= 4 is 23.4 Å². The Balaban J connectivity index is 0.00000159. The molecule has 2 aromatic carbocycles. The molecule has 2 rings (SSSR count). The second kappa shape index (κ2) is 14.7. The van der Waals surface area contributed by atoms with E-state index in [4.69, 9.17) is 15.6 Å². The van der Waals surface area contributed by atoms with Gasteiger partial charge < -0.3 is 20.9 Å². The van der Waals surface area contributed by atoms with Gasteiger partial charge in [-0.3, -0.25) is 19.2 Å². The molecule has 0 aromatic heterocycles. The van der Waals surface area contributed by atoms with Gasteiger partial charge in [-0.15, -0.1) is 0 Å². The highest BCUT2D eigenvalue weighted by Crippen LogP contribution is 2.27. The highest BCUT2D eigenvalue weighted by molar-refractivity contribution is 6.01. The molecule has 4 N–H and O–H groups in total. The number of hydrogen-bond donors (Lipinski definition) is 3. The Morgan fingerprint density at radius 1 is 1.00 bits per heavy atom. The van der Waals surface area contributed by atoms with Crippen LogP contribution in [0, 0.1) is 41.0 Å². The summed E-state index contributed by atoms with van der Waals surface area (Å²) in [5.41, 5.74) is 6.18. The van der Waals surface area contributed by atoms with Gasteiger partial charge in [-0.05, 0) is 5.92 Å². The fraction of sp³-hybridized carbons (Fsp3) is 0.360. The number of Topliss-reactive ketones (excluding diaryl/α,β-unsaturated/α-hetero) is 2. The van der Waals surface area contributed by atoms with Gasteiger partial charge in [-0.1, -0.05) is 44.2 Å². The number of carbonyl (C=O) groups is 4. The topological polar surface area (TPSA) is 136 Å². The summed E-state index contributed by atoms with van der Waals surface area (Å²) >= 11 is 0. The molecule has 0 bridgehead atoms. The summed E-state index contributed by atoms with van der Waals surface area (Å²) in [6, 6.07) is 8.32. The molecule has 2 atom stereocenters. The number of halogens is 4. The summed E-state index contributed by atoms with van der Waals surface area (Å²) in [5.74, 6) is -12.9. The summed E-state index contributed by atoms with van der Waals surface area (Å²) in [4.78, 5) is 46.7. The normalized spacial score (nSPS) is 12.1. The second-order valence-electron chi connectivity index (χ2n) is 8.20. The van der Waals surface area contributed by atoms with E-state index in [2.05, 4.69) is 10.1 Å². The summed E-state index contributed by atoms with van der Waals surface area (Å²) in [7, 11) is 0. The maximum atomic E-state index is 13.6. The lowest BCUT2D eigenvalue weighted by Gasteiger charge is -2.27. The molecule has 0 saturated heterocycles. The van der Waals surface area contributed by atoms with E-state index >= 15 is 0 Å². The molecule has 2 aromatic rings. The molecule has 1 amide bonds. The highest BCUT2D eigenvalue weighted by atomic mass is 19.2. The first-order valence-corrected chi connectivity index (χ1v) is 11.1. The Morgan fingerprint density at radius 3 is 1.97 bits per heavy atom. The average Bonchev–Trinajstić information content (AvgIpc) is 2.84. The van der Waals surface area contributed by atoms with Gasteiger partial charge in [0.25, 0.3) is 5.97 Å². The minimum absolute atomic E-state index is 0.0101. The fourth-order valence-electron chi connectivity index (χ4n) is 3.37. The molecular formula is C25H28F4N2O6. The number of hydrogen-bond acceptors (Lipinski definition) is 6. The van der Waals surface area contributed by atoms with Crippen molar-refractivity contribution < 1.29 is 46.6 Å². The van der Waals surface area contributed by atoms with Gasteiger partial charge >= 0.3 is 0 Å². The zero-order valence-electron chi connectivity index (χ0n) is 20.4. The first kappa shape index (κ1) is 31.2. The molecule has 0 aliphatic rings. The third-order valence-corrected chi connectivity index (χ3v) is 5.01. The lowest BCUT2D eigenvalue weighted by Crippen LogP contribution is -2.45. The molecule has 0 heterocycles. The Hall–Kier alpha value is -3.80. The van der Waals surface area contributed by atoms with Crippen molar-refractivity contribution in [2.45, 2.75) is 20.8 Å². The minimum Gasteiger partial charge on any atom is -0.481 e. The summed E-state index contributed by atoms with van der Waals surface area (Å²) in [6.07, 6.45) is 0. The van der Waals surface area contributed by atoms with E-state index in [0.29, 0.717) is 5.56 Å². The number of ketones is 2. The van der Waals surface area contributed by atoms with Crippen LogP contribution in [0.1, 0.15) is 31.1 Å². The predicted molar refractivity (Wildman–Crippen MR) is 125 cm³/mol. The Morgan fingerprint density at radius 2 is 1.51 bits per heavy atom. The molecule has 2 unspecified atom stereocenters. The number of nitrogens with one attached hydrogen (secondary N) is 1. The van der Waals surface area contributed by atoms with E-state index in [1.54, 1.807) is 44.2 Å². The standard InChI is InChI=1S/C23H24F4N2O4.C2H4O2/c1-12(2)18(15(9-28)21(31)13-6-4-3-5-7-13)23(32)29-10-14(30)11-33-22-19(26)16(24)8-17(25)20(22)27;1-2(3)4/h3-8,12,15,18H,9-11,28H2,1-2H3,(H,29,32);1H3,(H,3,4). The third kappa shape index (κ3) is 9.30. The van der Waals surface area contributed by atoms with Crippen molar-refractivity contribution in [1.82, 2.24) is 5.32 Å². The Bertz CT molecular complexity index is 1080. The van der Waals surface area contributed by atoms with Crippen LogP contribution in [0.2, 0.25) is 0 Å². The van der Waals surface area contributed by atoms with Crippen molar-refractivity contribution in [3.8, 4) is 5.75 Å². The van der Waals surface area contributed by atoms with Gasteiger partial charge in [0.15, 0.2) is 29.0 Å². The van der Waals surface area contributed by atoms with Crippen LogP contribution in [0.5, 0.6) is 5.75 Å². The van der Waals surface area contributed by atoms with Crippen LogP contribution >= 0.6 is 0 Å². The van der Waals surface area contributed by atoms with E-state index in [1.807, 2.05) is 0 Å². The smallest absolute Gasteiger partial charge is 0.300 e. The fourth-order valence-corrected chi connectivity index (χ4v) is 3.37. The van der Waals surface area contributed by atoms with Crippen molar-refractivity contribution in [3.63, 3.8) is 0 Å². The van der Waals surface area contributed by atoms with Crippen molar-refractivity contribution in [2.24, 2.45) is 23.5 Å². The molecule has 8 nitrogen and oxygen atoms in total.